The molecule has 0 spiro atoms. The van der Waals surface area contributed by atoms with Gasteiger partial charge in [-0.3, -0.25) is 9.79 Å². The van der Waals surface area contributed by atoms with E-state index in [4.69, 9.17) is 10.5 Å². The average molecular weight is 430 g/mol. The molecule has 154 valence electrons. The van der Waals surface area contributed by atoms with Gasteiger partial charge in [0, 0.05) is 16.8 Å². The minimum Gasteiger partial charge on any atom is -0.486 e. The van der Waals surface area contributed by atoms with E-state index in [1.54, 1.807) is 6.08 Å². The summed E-state index contributed by atoms with van der Waals surface area (Å²) in [5.74, 6) is 1.04. The van der Waals surface area contributed by atoms with E-state index in [9.17, 15) is 4.79 Å². The zero-order valence-electron chi connectivity index (χ0n) is 17.0. The highest BCUT2D eigenvalue weighted by Crippen LogP contribution is 2.35. The van der Waals surface area contributed by atoms with Crippen LogP contribution < -0.4 is 16.0 Å². The van der Waals surface area contributed by atoms with Crippen LogP contribution in [-0.2, 0) is 6.61 Å². The van der Waals surface area contributed by atoms with Gasteiger partial charge >= 0.3 is 0 Å². The number of aryl methyl sites for hydroxylation is 1. The van der Waals surface area contributed by atoms with E-state index in [0.717, 1.165) is 33.8 Å². The Balaban J connectivity index is 1.52. The zero-order valence-corrected chi connectivity index (χ0v) is 17.8. The van der Waals surface area contributed by atoms with E-state index >= 15 is 0 Å². The minimum atomic E-state index is -0.391. The molecule has 7 nitrogen and oxygen atoms in total. The van der Waals surface area contributed by atoms with Crippen molar-refractivity contribution in [2.45, 2.75) is 20.5 Å². The molecule has 0 unspecified atom stereocenters. The van der Waals surface area contributed by atoms with E-state index in [0.29, 0.717) is 15.5 Å². The van der Waals surface area contributed by atoms with Crippen LogP contribution in [-0.4, -0.2) is 20.3 Å². The maximum atomic E-state index is 12.8. The number of nitrogens with two attached hydrogens (primary N) is 1. The zero-order chi connectivity index (χ0) is 21.5. The molecule has 5 rings (SSSR count). The van der Waals surface area contributed by atoms with Crippen LogP contribution in [0.15, 0.2) is 58.3 Å². The van der Waals surface area contributed by atoms with Gasteiger partial charge in [-0.15, -0.1) is 0 Å². The first-order valence-corrected chi connectivity index (χ1v) is 10.6. The standard InChI is InChI=1S/C23H19N5O2S/c1-13-7-3-6-10-19(13)30-12-20-27-28-21(24)17(22(29)26-23(28)31-20)11-16-14(2)25-18-9-5-4-8-15(16)18/h3-11H,12,24H2,1-2H3/b16-11+. The molecule has 3 heterocycles. The fraction of sp³-hybridized carbons (Fsp3) is 0.130. The minimum absolute atomic E-state index is 0.248. The number of nitrogens with zero attached hydrogens (tertiary/aromatic N) is 4. The first kappa shape index (κ1) is 19.2. The van der Waals surface area contributed by atoms with Crippen molar-refractivity contribution in [1.29, 1.82) is 0 Å². The van der Waals surface area contributed by atoms with E-state index in [2.05, 4.69) is 15.1 Å². The quantitative estimate of drug-likeness (QED) is 0.523. The lowest BCUT2D eigenvalue weighted by Gasteiger charge is -2.06. The second-order valence-electron chi connectivity index (χ2n) is 7.23. The highest BCUT2D eigenvalue weighted by Gasteiger charge is 2.20. The van der Waals surface area contributed by atoms with Gasteiger partial charge in [0.05, 0.1) is 11.3 Å². The molecule has 8 heteroatoms. The molecule has 0 bridgehead atoms. The van der Waals surface area contributed by atoms with Crippen LogP contribution in [0.5, 0.6) is 5.75 Å². The number of rotatable bonds is 4. The highest BCUT2D eigenvalue weighted by atomic mass is 32.1. The summed E-state index contributed by atoms with van der Waals surface area (Å²) in [5.41, 5.74) is 10.8. The fourth-order valence-corrected chi connectivity index (χ4v) is 4.34. The molecule has 1 aliphatic heterocycles. The summed E-state index contributed by atoms with van der Waals surface area (Å²) >= 11 is 1.28. The monoisotopic (exact) mass is 429 g/mol. The van der Waals surface area contributed by atoms with Gasteiger partial charge in [-0.25, -0.2) is 0 Å². The first-order valence-electron chi connectivity index (χ1n) is 9.74. The summed E-state index contributed by atoms with van der Waals surface area (Å²) < 4.78 is 7.38. The Kier molecular flexibility index (Phi) is 4.63. The van der Waals surface area contributed by atoms with Gasteiger partial charge in [0.25, 0.3) is 5.56 Å². The number of ether oxygens (including phenoxy) is 1. The van der Waals surface area contributed by atoms with Crippen molar-refractivity contribution in [2.24, 2.45) is 4.99 Å². The van der Waals surface area contributed by atoms with E-state index < -0.39 is 5.56 Å². The second kappa shape index (κ2) is 7.48. The predicted octanol–water partition coefficient (Wildman–Crippen LogP) is 4.27. The Bertz CT molecular complexity index is 1450. The van der Waals surface area contributed by atoms with E-state index in [1.165, 1.54) is 15.9 Å². The number of aliphatic imine (C=N–C) groups is 1. The topological polar surface area (TPSA) is 94.9 Å². The maximum Gasteiger partial charge on any atom is 0.283 e. The number of benzene rings is 2. The Morgan fingerprint density at radius 1 is 1.13 bits per heavy atom. The molecule has 0 aliphatic carbocycles. The lowest BCUT2D eigenvalue weighted by Crippen LogP contribution is -2.17. The van der Waals surface area contributed by atoms with Crippen LogP contribution in [0.2, 0.25) is 0 Å². The van der Waals surface area contributed by atoms with Crippen LogP contribution in [0.3, 0.4) is 0 Å². The maximum absolute atomic E-state index is 12.8. The van der Waals surface area contributed by atoms with Gasteiger partial charge in [-0.05, 0) is 37.6 Å². The summed E-state index contributed by atoms with van der Waals surface area (Å²) in [6.07, 6.45) is 1.75. The van der Waals surface area contributed by atoms with Crippen molar-refractivity contribution in [3.8, 4) is 5.75 Å². The Hall–Kier alpha value is -3.78. The molecule has 0 fully saturated rings. The van der Waals surface area contributed by atoms with Gasteiger partial charge in [0.1, 0.15) is 18.2 Å². The molecule has 2 N–H and O–H groups in total. The number of anilines is 1. The Labute approximate surface area is 182 Å². The molecule has 1 aliphatic rings. The molecule has 0 atom stereocenters. The van der Waals surface area contributed by atoms with Crippen molar-refractivity contribution in [1.82, 2.24) is 14.6 Å². The summed E-state index contributed by atoms with van der Waals surface area (Å²) in [7, 11) is 0. The largest absolute Gasteiger partial charge is 0.486 e. The number of hydrogen-bond acceptors (Lipinski definition) is 7. The van der Waals surface area contributed by atoms with Gasteiger partial charge < -0.3 is 10.5 Å². The van der Waals surface area contributed by atoms with E-state index in [1.807, 2.05) is 62.4 Å². The smallest absolute Gasteiger partial charge is 0.283 e. The third-order valence-electron chi connectivity index (χ3n) is 5.14. The van der Waals surface area contributed by atoms with E-state index in [-0.39, 0.29) is 12.4 Å². The molecule has 0 saturated heterocycles. The van der Waals surface area contributed by atoms with Gasteiger partial charge in [-0.2, -0.15) is 14.6 Å². The van der Waals surface area contributed by atoms with Crippen molar-refractivity contribution < 1.29 is 4.74 Å². The summed E-state index contributed by atoms with van der Waals surface area (Å²) in [5, 5.41) is 5.20. The highest BCUT2D eigenvalue weighted by molar-refractivity contribution is 7.16. The Morgan fingerprint density at radius 2 is 1.90 bits per heavy atom. The van der Waals surface area contributed by atoms with Crippen molar-refractivity contribution >= 4 is 45.2 Å². The lowest BCUT2D eigenvalue weighted by atomic mass is 10.0. The van der Waals surface area contributed by atoms with Crippen molar-refractivity contribution in [3.63, 3.8) is 0 Å². The average Bonchev–Trinajstić information content (AvgIpc) is 3.30. The lowest BCUT2D eigenvalue weighted by molar-refractivity contribution is 0.302. The number of fused-ring (bicyclic) bond motifs is 2. The molecule has 2 aromatic heterocycles. The molecule has 0 amide bonds. The predicted molar refractivity (Wildman–Crippen MR) is 124 cm³/mol. The van der Waals surface area contributed by atoms with Gasteiger partial charge in [0.2, 0.25) is 4.96 Å². The summed E-state index contributed by atoms with van der Waals surface area (Å²) in [6, 6.07) is 15.6. The van der Waals surface area contributed by atoms with Crippen molar-refractivity contribution in [3.05, 3.63) is 80.6 Å². The number of allylic oxidation sites excluding steroid dienone is 1. The number of hydrogen-bond donors (Lipinski definition) is 1. The molecule has 2 aromatic carbocycles. The van der Waals surface area contributed by atoms with Crippen LogP contribution in [0.25, 0.3) is 16.6 Å². The molecule has 4 aromatic rings. The summed E-state index contributed by atoms with van der Waals surface area (Å²) in [6.45, 7) is 4.16. The molecule has 0 saturated carbocycles. The number of aromatic nitrogens is 3. The normalized spacial score (nSPS) is 14.1. The molecular formula is C23H19N5O2S. The van der Waals surface area contributed by atoms with Crippen LogP contribution in [0, 0.1) is 6.92 Å². The third kappa shape index (κ3) is 3.40. The fourth-order valence-electron chi connectivity index (χ4n) is 3.53. The Morgan fingerprint density at radius 3 is 2.74 bits per heavy atom. The number of para-hydroxylation sites is 2. The SMILES string of the molecule is CC1=Nc2ccccc2/C1=C/c1c(N)n2nc(COc3ccccc3C)sc2nc1=O. The number of nitrogen functional groups attached to an aromatic ring is 1. The molecule has 31 heavy (non-hydrogen) atoms. The van der Waals surface area contributed by atoms with Gasteiger partial charge in [0.15, 0.2) is 5.01 Å². The van der Waals surface area contributed by atoms with Gasteiger partial charge in [-0.1, -0.05) is 47.7 Å². The van der Waals surface area contributed by atoms with Crippen LogP contribution >= 0.6 is 11.3 Å². The first-order chi connectivity index (χ1) is 15.0. The second-order valence-corrected chi connectivity index (χ2v) is 8.27. The third-order valence-corrected chi connectivity index (χ3v) is 6.02. The molecule has 0 radical (unpaired) electrons. The van der Waals surface area contributed by atoms with Crippen molar-refractivity contribution in [2.75, 3.05) is 5.73 Å². The summed E-state index contributed by atoms with van der Waals surface area (Å²) in [4.78, 5) is 21.9. The van der Waals surface area contributed by atoms with Crippen LogP contribution in [0.1, 0.15) is 28.6 Å². The van der Waals surface area contributed by atoms with Crippen LogP contribution in [0.4, 0.5) is 11.5 Å². The molecular weight excluding hydrogens is 410 g/mol.